The molecule has 2 rings (SSSR count). The lowest BCUT2D eigenvalue weighted by molar-refractivity contribution is 0.500. The SMILES string of the molecule is O=c1c(CS)cccn1C1CCCC1. The predicted molar refractivity (Wildman–Crippen MR) is 60.9 cm³/mol. The first-order valence-electron chi connectivity index (χ1n) is 5.14. The lowest BCUT2D eigenvalue weighted by atomic mass is 10.2. The van der Waals surface area contributed by atoms with E-state index in [1.165, 1.54) is 12.8 Å². The summed E-state index contributed by atoms with van der Waals surface area (Å²) >= 11 is 4.16. The minimum atomic E-state index is 0.148. The van der Waals surface area contributed by atoms with Gasteiger partial charge in [0.25, 0.3) is 5.56 Å². The van der Waals surface area contributed by atoms with E-state index in [2.05, 4.69) is 12.6 Å². The summed E-state index contributed by atoms with van der Waals surface area (Å²) in [5, 5.41) is 0. The molecule has 0 aromatic carbocycles. The second-order valence-corrected chi connectivity index (χ2v) is 4.16. The lowest BCUT2D eigenvalue weighted by Crippen LogP contribution is -2.25. The molecule has 0 aliphatic heterocycles. The molecule has 3 heteroatoms. The molecule has 1 saturated carbocycles. The Morgan fingerprint density at radius 2 is 2.14 bits per heavy atom. The summed E-state index contributed by atoms with van der Waals surface area (Å²) in [4.78, 5) is 11.9. The zero-order valence-corrected chi connectivity index (χ0v) is 9.04. The maximum Gasteiger partial charge on any atom is 0.254 e. The summed E-state index contributed by atoms with van der Waals surface area (Å²) in [5.41, 5.74) is 0.956. The average Bonchev–Trinajstić information content (AvgIpc) is 2.71. The highest BCUT2D eigenvalue weighted by atomic mass is 32.1. The van der Waals surface area contributed by atoms with Gasteiger partial charge in [0.1, 0.15) is 0 Å². The maximum atomic E-state index is 11.9. The van der Waals surface area contributed by atoms with Crippen LogP contribution in [-0.4, -0.2) is 4.57 Å². The molecular formula is C11H15NOS. The second-order valence-electron chi connectivity index (χ2n) is 3.84. The third kappa shape index (κ3) is 1.73. The van der Waals surface area contributed by atoms with Crippen LogP contribution in [0.1, 0.15) is 37.3 Å². The Morgan fingerprint density at radius 1 is 1.43 bits per heavy atom. The number of hydrogen-bond donors (Lipinski definition) is 1. The van der Waals surface area contributed by atoms with E-state index >= 15 is 0 Å². The first-order chi connectivity index (χ1) is 6.83. The highest BCUT2D eigenvalue weighted by Crippen LogP contribution is 2.27. The molecule has 1 aliphatic carbocycles. The normalized spacial score (nSPS) is 17.5. The Balaban J connectivity index is 2.37. The van der Waals surface area contributed by atoms with Gasteiger partial charge in [0.05, 0.1) is 0 Å². The summed E-state index contributed by atoms with van der Waals surface area (Å²) in [6.45, 7) is 0. The van der Waals surface area contributed by atoms with Crippen molar-refractivity contribution in [1.82, 2.24) is 4.57 Å². The highest BCUT2D eigenvalue weighted by molar-refractivity contribution is 7.79. The standard InChI is InChI=1S/C11H15NOS/c13-11-9(8-14)4-3-7-12(11)10-5-1-2-6-10/h3-4,7,10,14H,1-2,5-6,8H2. The fourth-order valence-corrected chi connectivity index (χ4v) is 2.39. The van der Waals surface area contributed by atoms with Crippen LogP contribution in [0.4, 0.5) is 0 Å². The van der Waals surface area contributed by atoms with Crippen molar-refractivity contribution in [3.05, 3.63) is 34.2 Å². The van der Waals surface area contributed by atoms with E-state index in [9.17, 15) is 4.79 Å². The minimum Gasteiger partial charge on any atom is -0.312 e. The third-order valence-electron chi connectivity index (χ3n) is 2.94. The van der Waals surface area contributed by atoms with Gasteiger partial charge in [-0.15, -0.1) is 0 Å². The average molecular weight is 209 g/mol. The summed E-state index contributed by atoms with van der Waals surface area (Å²) in [6, 6.07) is 4.24. The molecule has 0 atom stereocenters. The van der Waals surface area contributed by atoms with Gasteiger partial charge in [0.2, 0.25) is 0 Å². The molecule has 0 amide bonds. The van der Waals surface area contributed by atoms with E-state index in [1.54, 1.807) is 0 Å². The summed E-state index contributed by atoms with van der Waals surface area (Å²) < 4.78 is 1.89. The van der Waals surface area contributed by atoms with Gasteiger partial charge in [-0.1, -0.05) is 18.9 Å². The van der Waals surface area contributed by atoms with Gasteiger partial charge < -0.3 is 4.57 Å². The molecule has 0 spiro atoms. The van der Waals surface area contributed by atoms with E-state index in [1.807, 2.05) is 22.9 Å². The zero-order chi connectivity index (χ0) is 9.97. The summed E-state index contributed by atoms with van der Waals surface area (Å²) in [6.07, 6.45) is 6.71. The molecule has 0 radical (unpaired) electrons. The van der Waals surface area contributed by atoms with Crippen LogP contribution in [0.2, 0.25) is 0 Å². The molecule has 0 saturated heterocycles. The first kappa shape index (κ1) is 9.84. The molecule has 1 heterocycles. The van der Waals surface area contributed by atoms with Crippen molar-refractivity contribution in [2.24, 2.45) is 0 Å². The molecule has 2 nitrogen and oxygen atoms in total. The van der Waals surface area contributed by atoms with Crippen LogP contribution >= 0.6 is 12.6 Å². The Kier molecular flexibility index (Phi) is 2.96. The Labute approximate surface area is 89.4 Å². The molecule has 76 valence electrons. The molecule has 1 aromatic heterocycles. The Morgan fingerprint density at radius 3 is 2.79 bits per heavy atom. The van der Waals surface area contributed by atoms with Crippen molar-refractivity contribution >= 4 is 12.6 Å². The molecule has 14 heavy (non-hydrogen) atoms. The van der Waals surface area contributed by atoms with Crippen LogP contribution in [0.25, 0.3) is 0 Å². The van der Waals surface area contributed by atoms with Crippen molar-refractivity contribution in [2.75, 3.05) is 0 Å². The van der Waals surface area contributed by atoms with Gasteiger partial charge in [0.15, 0.2) is 0 Å². The Bertz CT molecular complexity index is 366. The highest BCUT2D eigenvalue weighted by Gasteiger charge is 2.17. The molecular weight excluding hydrogens is 194 g/mol. The largest absolute Gasteiger partial charge is 0.312 e. The summed E-state index contributed by atoms with van der Waals surface area (Å²) in [5.74, 6) is 0.534. The maximum absolute atomic E-state index is 11.9. The van der Waals surface area contributed by atoms with Crippen molar-refractivity contribution in [2.45, 2.75) is 37.5 Å². The van der Waals surface area contributed by atoms with E-state index in [0.29, 0.717) is 11.8 Å². The van der Waals surface area contributed by atoms with Crippen LogP contribution in [0, 0.1) is 0 Å². The van der Waals surface area contributed by atoms with Crippen LogP contribution in [0.3, 0.4) is 0 Å². The van der Waals surface area contributed by atoms with Crippen LogP contribution < -0.4 is 5.56 Å². The second kappa shape index (κ2) is 4.22. The van der Waals surface area contributed by atoms with E-state index < -0.39 is 0 Å². The molecule has 1 aromatic rings. The fraction of sp³-hybridized carbons (Fsp3) is 0.545. The number of nitrogens with zero attached hydrogens (tertiary/aromatic N) is 1. The van der Waals surface area contributed by atoms with Gasteiger partial charge in [-0.25, -0.2) is 0 Å². The van der Waals surface area contributed by atoms with Gasteiger partial charge in [-0.05, 0) is 18.9 Å². The smallest absolute Gasteiger partial charge is 0.254 e. The van der Waals surface area contributed by atoms with E-state index in [0.717, 1.165) is 18.4 Å². The van der Waals surface area contributed by atoms with Crippen molar-refractivity contribution in [3.8, 4) is 0 Å². The molecule has 0 unspecified atom stereocenters. The first-order valence-corrected chi connectivity index (χ1v) is 5.77. The van der Waals surface area contributed by atoms with Gasteiger partial charge in [-0.3, -0.25) is 4.79 Å². The molecule has 1 aliphatic rings. The van der Waals surface area contributed by atoms with E-state index in [-0.39, 0.29) is 5.56 Å². The number of thiol groups is 1. The minimum absolute atomic E-state index is 0.148. The van der Waals surface area contributed by atoms with Gasteiger partial charge in [0, 0.05) is 23.6 Å². The predicted octanol–water partition coefficient (Wildman–Crippen LogP) is 2.39. The Hall–Kier alpha value is -0.700. The zero-order valence-electron chi connectivity index (χ0n) is 8.15. The number of aromatic nitrogens is 1. The van der Waals surface area contributed by atoms with Gasteiger partial charge >= 0.3 is 0 Å². The summed E-state index contributed by atoms with van der Waals surface area (Å²) in [7, 11) is 0. The van der Waals surface area contributed by atoms with Crippen LogP contribution in [-0.2, 0) is 5.75 Å². The van der Waals surface area contributed by atoms with E-state index in [4.69, 9.17) is 0 Å². The van der Waals surface area contributed by atoms with Crippen LogP contribution in [0.5, 0.6) is 0 Å². The third-order valence-corrected chi connectivity index (χ3v) is 3.28. The monoisotopic (exact) mass is 209 g/mol. The van der Waals surface area contributed by atoms with Gasteiger partial charge in [-0.2, -0.15) is 12.6 Å². The fourth-order valence-electron chi connectivity index (χ4n) is 2.15. The van der Waals surface area contributed by atoms with Crippen LogP contribution in [0.15, 0.2) is 23.1 Å². The lowest BCUT2D eigenvalue weighted by Gasteiger charge is -2.13. The number of rotatable bonds is 2. The molecule has 0 N–H and O–H groups in total. The topological polar surface area (TPSA) is 22.0 Å². The quantitative estimate of drug-likeness (QED) is 0.742. The number of pyridine rings is 1. The van der Waals surface area contributed by atoms with Crippen molar-refractivity contribution in [3.63, 3.8) is 0 Å². The van der Waals surface area contributed by atoms with Crippen molar-refractivity contribution < 1.29 is 0 Å². The molecule has 1 fully saturated rings. The molecule has 0 bridgehead atoms. The number of hydrogen-bond acceptors (Lipinski definition) is 2. The van der Waals surface area contributed by atoms with Crippen molar-refractivity contribution in [1.29, 1.82) is 0 Å².